The number of amidine groups is 1. The molecule has 0 radical (unpaired) electrons. The van der Waals surface area contributed by atoms with Crippen molar-refractivity contribution in [2.45, 2.75) is 11.7 Å². The highest BCUT2D eigenvalue weighted by Gasteiger charge is 2.40. The Morgan fingerprint density at radius 3 is 1.44 bits per heavy atom. The van der Waals surface area contributed by atoms with Gasteiger partial charge in [-0.1, -0.05) is 91.0 Å². The van der Waals surface area contributed by atoms with Crippen molar-refractivity contribution in [3.05, 3.63) is 142 Å². The summed E-state index contributed by atoms with van der Waals surface area (Å²) in [5.74, 6) is -1.48. The summed E-state index contributed by atoms with van der Waals surface area (Å²) < 4.78 is 42.0. The van der Waals surface area contributed by atoms with Crippen LogP contribution in [0.2, 0.25) is 0 Å². The molecule has 4 aromatic carbocycles. The summed E-state index contributed by atoms with van der Waals surface area (Å²) in [7, 11) is 0. The Bertz CT molecular complexity index is 1280. The van der Waals surface area contributed by atoms with Crippen LogP contribution in [-0.4, -0.2) is 16.9 Å². The summed E-state index contributed by atoms with van der Waals surface area (Å²) in [5.41, 5.74) is 0.0386. The van der Waals surface area contributed by atoms with Crippen LogP contribution in [0.4, 0.5) is 24.5 Å². The van der Waals surface area contributed by atoms with Crippen LogP contribution in [0.25, 0.3) is 0 Å². The Morgan fingerprint density at radius 1 is 0.667 bits per heavy atom. The molecule has 0 saturated heterocycles. The smallest absolute Gasteiger partial charge is 0.258 e. The maximum absolute atomic E-state index is 14.0. The van der Waals surface area contributed by atoms with Gasteiger partial charge < -0.3 is 0 Å². The van der Waals surface area contributed by atoms with E-state index in [0.717, 1.165) is 24.3 Å². The second kappa shape index (κ2) is 10.3. The average molecular weight is 488 g/mol. The van der Waals surface area contributed by atoms with Crippen molar-refractivity contribution in [3.63, 3.8) is 0 Å². The lowest BCUT2D eigenvalue weighted by molar-refractivity contribution is -0.384. The SMILES string of the molecule is O=[N+]([O-])c1ccc(N=C(N=NC(c2ccccc2)(c2ccccc2)c2ccccc2)C(F)(F)F)cc1. The van der Waals surface area contributed by atoms with E-state index in [1.807, 2.05) is 0 Å². The summed E-state index contributed by atoms with van der Waals surface area (Å²) in [6, 6.07) is 31.1. The molecular weight excluding hydrogens is 469 g/mol. The Kier molecular flexibility index (Phi) is 7.00. The maximum atomic E-state index is 14.0. The normalized spacial score (nSPS) is 12.6. The number of nitro benzene ring substituents is 1. The van der Waals surface area contributed by atoms with Crippen LogP contribution in [0.1, 0.15) is 16.7 Å². The van der Waals surface area contributed by atoms with Crippen molar-refractivity contribution >= 4 is 17.2 Å². The number of nitrogens with zero attached hydrogens (tertiary/aromatic N) is 4. The quantitative estimate of drug-likeness (QED) is 0.0698. The molecule has 9 heteroatoms. The van der Waals surface area contributed by atoms with Gasteiger partial charge in [-0.2, -0.15) is 18.3 Å². The fourth-order valence-electron chi connectivity index (χ4n) is 3.75. The van der Waals surface area contributed by atoms with Gasteiger partial charge in [0.15, 0.2) is 5.54 Å². The Hall–Kier alpha value is -4.66. The van der Waals surface area contributed by atoms with Crippen molar-refractivity contribution in [2.75, 3.05) is 0 Å². The molecule has 4 rings (SSSR count). The van der Waals surface area contributed by atoms with E-state index < -0.39 is 22.5 Å². The van der Waals surface area contributed by atoms with E-state index in [1.165, 1.54) is 0 Å². The van der Waals surface area contributed by atoms with Crippen molar-refractivity contribution in [3.8, 4) is 0 Å². The summed E-state index contributed by atoms with van der Waals surface area (Å²) in [5, 5.41) is 18.9. The second-order valence-corrected chi connectivity index (χ2v) is 7.72. The van der Waals surface area contributed by atoms with Gasteiger partial charge in [0.25, 0.3) is 11.5 Å². The third kappa shape index (κ3) is 5.20. The molecule has 0 unspecified atom stereocenters. The molecule has 0 N–H and O–H groups in total. The molecule has 0 aromatic heterocycles. The number of hydrogen-bond donors (Lipinski definition) is 0. The fraction of sp³-hybridized carbons (Fsp3) is 0.0741. The van der Waals surface area contributed by atoms with Crippen molar-refractivity contribution < 1.29 is 18.1 Å². The first-order valence-corrected chi connectivity index (χ1v) is 10.8. The zero-order valence-electron chi connectivity index (χ0n) is 18.7. The molecular formula is C27H19F3N4O2. The van der Waals surface area contributed by atoms with Crippen molar-refractivity contribution in [1.82, 2.24) is 0 Å². The Balaban J connectivity index is 1.92. The maximum Gasteiger partial charge on any atom is 0.453 e. The standard InChI is InChI=1S/C27H19F3N4O2/c28-27(29,30)25(31-23-16-18-24(19-17-23)34(35)36)32-33-26(20-10-4-1-5-11-20,21-12-6-2-7-13-21)22-14-8-3-9-15-22/h1-19H. The lowest BCUT2D eigenvalue weighted by Crippen LogP contribution is -2.28. The number of alkyl halides is 3. The number of hydrogen-bond acceptors (Lipinski definition) is 4. The number of non-ortho nitro benzene ring substituents is 1. The molecule has 36 heavy (non-hydrogen) atoms. The first kappa shape index (κ1) is 24.5. The van der Waals surface area contributed by atoms with Gasteiger partial charge in [-0.15, -0.1) is 5.11 Å². The van der Waals surface area contributed by atoms with Crippen LogP contribution in [0.3, 0.4) is 0 Å². The topological polar surface area (TPSA) is 80.2 Å². The molecule has 4 aromatic rings. The predicted octanol–water partition coefficient (Wildman–Crippen LogP) is 7.63. The number of aliphatic imine (C=N–C) groups is 1. The first-order valence-electron chi connectivity index (χ1n) is 10.8. The van der Waals surface area contributed by atoms with Crippen LogP contribution in [-0.2, 0) is 5.54 Å². The van der Waals surface area contributed by atoms with Gasteiger partial charge in [0.05, 0.1) is 10.6 Å². The van der Waals surface area contributed by atoms with Crippen molar-refractivity contribution in [1.29, 1.82) is 0 Å². The molecule has 0 amide bonds. The molecule has 0 atom stereocenters. The highest BCUT2D eigenvalue weighted by atomic mass is 19.4. The number of benzene rings is 4. The minimum atomic E-state index is -4.93. The highest BCUT2D eigenvalue weighted by molar-refractivity contribution is 5.90. The van der Waals surface area contributed by atoms with E-state index in [1.54, 1.807) is 91.0 Å². The fourth-order valence-corrected chi connectivity index (χ4v) is 3.75. The molecule has 0 fully saturated rings. The van der Waals surface area contributed by atoms with Crippen LogP contribution >= 0.6 is 0 Å². The summed E-state index contributed by atoms with van der Waals surface area (Å²) >= 11 is 0. The van der Waals surface area contributed by atoms with E-state index in [-0.39, 0.29) is 11.4 Å². The lowest BCUT2D eigenvalue weighted by Gasteiger charge is -2.30. The monoisotopic (exact) mass is 488 g/mol. The van der Waals surface area contributed by atoms with E-state index in [4.69, 9.17) is 0 Å². The summed E-state index contributed by atoms with van der Waals surface area (Å²) in [6.45, 7) is 0. The van der Waals surface area contributed by atoms with Gasteiger partial charge in [-0.3, -0.25) is 10.1 Å². The van der Waals surface area contributed by atoms with E-state index in [0.29, 0.717) is 16.7 Å². The third-order valence-corrected chi connectivity index (χ3v) is 5.42. The van der Waals surface area contributed by atoms with Gasteiger partial charge in [0.2, 0.25) is 0 Å². The van der Waals surface area contributed by atoms with Crippen LogP contribution in [0, 0.1) is 10.1 Å². The van der Waals surface area contributed by atoms with E-state index >= 15 is 0 Å². The molecule has 0 aliphatic rings. The molecule has 0 heterocycles. The second-order valence-electron chi connectivity index (χ2n) is 7.72. The molecule has 0 aliphatic carbocycles. The first-order chi connectivity index (χ1) is 17.3. The van der Waals surface area contributed by atoms with Crippen LogP contribution in [0.5, 0.6) is 0 Å². The zero-order valence-corrected chi connectivity index (χ0v) is 18.7. The lowest BCUT2D eigenvalue weighted by atomic mass is 9.78. The minimum absolute atomic E-state index is 0.142. The number of azo groups is 1. The molecule has 0 bridgehead atoms. The largest absolute Gasteiger partial charge is 0.453 e. The average Bonchev–Trinajstić information content (AvgIpc) is 2.90. The highest BCUT2D eigenvalue weighted by Crippen LogP contribution is 2.41. The molecule has 0 saturated carbocycles. The zero-order chi connectivity index (χ0) is 25.6. The van der Waals surface area contributed by atoms with Gasteiger partial charge in [-0.05, 0) is 28.8 Å². The molecule has 0 aliphatic heterocycles. The Labute approximate surface area is 204 Å². The van der Waals surface area contributed by atoms with Crippen LogP contribution in [0.15, 0.2) is 130 Å². The molecule has 6 nitrogen and oxygen atoms in total. The van der Waals surface area contributed by atoms with Gasteiger partial charge in [0.1, 0.15) is 0 Å². The molecule has 0 spiro atoms. The molecule has 180 valence electrons. The van der Waals surface area contributed by atoms with E-state index in [9.17, 15) is 23.3 Å². The van der Waals surface area contributed by atoms with Gasteiger partial charge >= 0.3 is 6.18 Å². The van der Waals surface area contributed by atoms with Crippen molar-refractivity contribution in [2.24, 2.45) is 15.2 Å². The van der Waals surface area contributed by atoms with Gasteiger partial charge in [-0.25, -0.2) is 4.99 Å². The number of halogens is 3. The van der Waals surface area contributed by atoms with Crippen LogP contribution < -0.4 is 0 Å². The summed E-state index contributed by atoms with van der Waals surface area (Å²) in [4.78, 5) is 13.8. The minimum Gasteiger partial charge on any atom is -0.258 e. The number of rotatable bonds is 6. The third-order valence-electron chi connectivity index (χ3n) is 5.42. The van der Waals surface area contributed by atoms with Gasteiger partial charge in [0, 0.05) is 12.1 Å². The summed E-state index contributed by atoms with van der Waals surface area (Å²) in [6.07, 6.45) is -4.93. The predicted molar refractivity (Wildman–Crippen MR) is 130 cm³/mol. The van der Waals surface area contributed by atoms with E-state index in [2.05, 4.69) is 15.2 Å². The number of nitro groups is 1. The Morgan fingerprint density at radius 2 is 1.08 bits per heavy atom.